The number of carbonyl (C=O) groups excluding carboxylic acids is 1. The smallest absolute Gasteiger partial charge is 0.231 e. The van der Waals surface area contributed by atoms with E-state index in [1.807, 2.05) is 18.2 Å². The minimum absolute atomic E-state index is 0.238. The average molecular weight is 230 g/mol. The van der Waals surface area contributed by atoms with Crippen LogP contribution in [-0.4, -0.2) is 22.6 Å². The van der Waals surface area contributed by atoms with Crippen LogP contribution in [0.15, 0.2) is 24.5 Å². The molecule has 1 aromatic carbocycles. The van der Waals surface area contributed by atoms with Gasteiger partial charge in [0, 0.05) is 12.6 Å². The van der Waals surface area contributed by atoms with E-state index in [2.05, 4.69) is 4.98 Å². The van der Waals surface area contributed by atoms with Crippen LogP contribution in [0.3, 0.4) is 0 Å². The Labute approximate surface area is 97.6 Å². The van der Waals surface area contributed by atoms with Crippen molar-refractivity contribution in [3.05, 3.63) is 30.2 Å². The van der Waals surface area contributed by atoms with E-state index in [9.17, 15) is 4.79 Å². The van der Waals surface area contributed by atoms with E-state index in [4.69, 9.17) is 9.47 Å². The normalized spacial score (nSPS) is 12.8. The number of benzene rings is 1. The number of aromatic nitrogens is 2. The van der Waals surface area contributed by atoms with Crippen LogP contribution < -0.4 is 9.47 Å². The maximum atomic E-state index is 11.0. The molecule has 0 amide bonds. The van der Waals surface area contributed by atoms with Gasteiger partial charge < -0.3 is 14.0 Å². The molecular weight excluding hydrogens is 220 g/mol. The van der Waals surface area contributed by atoms with Crippen LogP contribution in [-0.2, 0) is 7.05 Å². The summed E-state index contributed by atoms with van der Waals surface area (Å²) in [5, 5.41) is 0. The summed E-state index contributed by atoms with van der Waals surface area (Å²) in [5.74, 6) is 1.40. The summed E-state index contributed by atoms with van der Waals surface area (Å²) >= 11 is 0. The number of nitrogens with zero attached hydrogens (tertiary/aromatic N) is 2. The van der Waals surface area contributed by atoms with Gasteiger partial charge in [-0.05, 0) is 18.2 Å². The van der Waals surface area contributed by atoms with Crippen molar-refractivity contribution >= 4 is 6.29 Å². The molecule has 0 atom stereocenters. The Morgan fingerprint density at radius 2 is 2.18 bits per heavy atom. The first-order valence-corrected chi connectivity index (χ1v) is 5.16. The van der Waals surface area contributed by atoms with E-state index in [0.717, 1.165) is 17.6 Å². The lowest BCUT2D eigenvalue weighted by molar-refractivity contribution is 0.111. The lowest BCUT2D eigenvalue weighted by atomic mass is 10.1. The number of aldehydes is 1. The fraction of sp³-hybridized carbons (Fsp3) is 0.167. The minimum atomic E-state index is 0.238. The van der Waals surface area contributed by atoms with Crippen LogP contribution in [0.4, 0.5) is 0 Å². The van der Waals surface area contributed by atoms with Crippen molar-refractivity contribution in [3.63, 3.8) is 0 Å². The third kappa shape index (κ3) is 1.47. The molecule has 1 aliphatic heterocycles. The Balaban J connectivity index is 2.12. The Morgan fingerprint density at radius 1 is 1.35 bits per heavy atom. The Kier molecular flexibility index (Phi) is 2.11. The number of imidazole rings is 1. The highest BCUT2D eigenvalue weighted by atomic mass is 16.7. The van der Waals surface area contributed by atoms with Crippen molar-refractivity contribution in [1.29, 1.82) is 0 Å². The monoisotopic (exact) mass is 230 g/mol. The standard InChI is InChI=1S/C12H10N2O3/c1-14-6-13-12(9(14)5-15)8-2-3-10-11(4-8)17-7-16-10/h2-6H,7H2,1H3. The zero-order valence-corrected chi connectivity index (χ0v) is 9.21. The highest BCUT2D eigenvalue weighted by Gasteiger charge is 2.16. The lowest BCUT2D eigenvalue weighted by Crippen LogP contribution is -1.94. The molecule has 0 saturated heterocycles. The van der Waals surface area contributed by atoms with Crippen molar-refractivity contribution in [3.8, 4) is 22.8 Å². The largest absolute Gasteiger partial charge is 0.454 e. The molecule has 86 valence electrons. The molecule has 0 unspecified atom stereocenters. The quantitative estimate of drug-likeness (QED) is 0.736. The topological polar surface area (TPSA) is 53.4 Å². The molecule has 5 nitrogen and oxygen atoms in total. The number of hydrogen-bond acceptors (Lipinski definition) is 4. The van der Waals surface area contributed by atoms with Gasteiger partial charge in [-0.2, -0.15) is 0 Å². The lowest BCUT2D eigenvalue weighted by Gasteiger charge is -2.01. The Bertz CT molecular complexity index is 589. The molecule has 0 aliphatic carbocycles. The maximum Gasteiger partial charge on any atom is 0.231 e. The second-order valence-corrected chi connectivity index (χ2v) is 3.78. The van der Waals surface area contributed by atoms with Gasteiger partial charge in [-0.3, -0.25) is 4.79 Å². The van der Waals surface area contributed by atoms with E-state index in [1.54, 1.807) is 17.9 Å². The summed E-state index contributed by atoms with van der Waals surface area (Å²) in [6.45, 7) is 0.238. The first-order valence-electron chi connectivity index (χ1n) is 5.16. The van der Waals surface area contributed by atoms with Gasteiger partial charge in [0.15, 0.2) is 17.8 Å². The average Bonchev–Trinajstić information content (AvgIpc) is 2.93. The minimum Gasteiger partial charge on any atom is -0.454 e. The Hall–Kier alpha value is -2.30. The first kappa shape index (κ1) is 9.89. The van der Waals surface area contributed by atoms with E-state index in [1.165, 1.54) is 0 Å². The van der Waals surface area contributed by atoms with E-state index >= 15 is 0 Å². The van der Waals surface area contributed by atoms with Crippen molar-refractivity contribution in [1.82, 2.24) is 9.55 Å². The van der Waals surface area contributed by atoms with Crippen molar-refractivity contribution in [2.24, 2.45) is 7.05 Å². The number of fused-ring (bicyclic) bond motifs is 1. The van der Waals surface area contributed by atoms with Gasteiger partial charge in [-0.25, -0.2) is 4.98 Å². The summed E-state index contributed by atoms with van der Waals surface area (Å²) in [4.78, 5) is 15.2. The number of ether oxygens (including phenoxy) is 2. The molecule has 0 bridgehead atoms. The van der Waals surface area contributed by atoms with E-state index < -0.39 is 0 Å². The predicted molar refractivity (Wildman–Crippen MR) is 60.2 cm³/mol. The summed E-state index contributed by atoms with van der Waals surface area (Å²) in [7, 11) is 1.78. The SMILES string of the molecule is Cn1cnc(-c2ccc3c(c2)OCO3)c1C=O. The summed E-state index contributed by atoms with van der Waals surface area (Å²) in [6, 6.07) is 5.52. The highest BCUT2D eigenvalue weighted by molar-refractivity contribution is 5.84. The summed E-state index contributed by atoms with van der Waals surface area (Å²) < 4.78 is 12.2. The third-order valence-electron chi connectivity index (χ3n) is 2.74. The number of rotatable bonds is 2. The second kappa shape index (κ2) is 3.62. The zero-order valence-electron chi connectivity index (χ0n) is 9.21. The van der Waals surface area contributed by atoms with Crippen LogP contribution in [0.5, 0.6) is 11.5 Å². The molecular formula is C12H10N2O3. The first-order chi connectivity index (χ1) is 8.29. The molecule has 0 fully saturated rings. The van der Waals surface area contributed by atoms with Crippen LogP contribution in [0.25, 0.3) is 11.3 Å². The number of aryl methyl sites for hydroxylation is 1. The molecule has 1 aromatic heterocycles. The van der Waals surface area contributed by atoms with Gasteiger partial charge in [-0.15, -0.1) is 0 Å². The molecule has 0 saturated carbocycles. The number of carbonyl (C=O) groups is 1. The molecule has 5 heteroatoms. The van der Waals surface area contributed by atoms with E-state index in [0.29, 0.717) is 17.1 Å². The highest BCUT2D eigenvalue weighted by Crippen LogP contribution is 2.35. The molecule has 1 aliphatic rings. The van der Waals surface area contributed by atoms with Crippen LogP contribution in [0.2, 0.25) is 0 Å². The van der Waals surface area contributed by atoms with E-state index in [-0.39, 0.29) is 6.79 Å². The summed E-state index contributed by atoms with van der Waals surface area (Å²) in [6.07, 6.45) is 2.41. The molecule has 2 heterocycles. The van der Waals surface area contributed by atoms with Crippen molar-refractivity contribution in [2.75, 3.05) is 6.79 Å². The zero-order chi connectivity index (χ0) is 11.8. The van der Waals surface area contributed by atoms with Gasteiger partial charge in [0.2, 0.25) is 6.79 Å². The van der Waals surface area contributed by atoms with Crippen molar-refractivity contribution < 1.29 is 14.3 Å². The van der Waals surface area contributed by atoms with Gasteiger partial charge in [0.25, 0.3) is 0 Å². The fourth-order valence-corrected chi connectivity index (χ4v) is 1.84. The van der Waals surface area contributed by atoms with Gasteiger partial charge >= 0.3 is 0 Å². The Morgan fingerprint density at radius 3 is 3.00 bits per heavy atom. The van der Waals surface area contributed by atoms with Crippen molar-refractivity contribution in [2.45, 2.75) is 0 Å². The fourth-order valence-electron chi connectivity index (χ4n) is 1.84. The van der Waals surface area contributed by atoms with Crippen LogP contribution >= 0.6 is 0 Å². The third-order valence-corrected chi connectivity index (χ3v) is 2.74. The maximum absolute atomic E-state index is 11.0. The second-order valence-electron chi connectivity index (χ2n) is 3.78. The molecule has 2 aromatic rings. The summed E-state index contributed by atoms with van der Waals surface area (Å²) in [5.41, 5.74) is 2.04. The molecule has 0 spiro atoms. The molecule has 3 rings (SSSR count). The molecule has 17 heavy (non-hydrogen) atoms. The van der Waals surface area contributed by atoms with Gasteiger partial charge in [0.1, 0.15) is 5.69 Å². The van der Waals surface area contributed by atoms with Crippen LogP contribution in [0.1, 0.15) is 10.5 Å². The molecule has 0 N–H and O–H groups in total. The number of hydrogen-bond donors (Lipinski definition) is 0. The van der Waals surface area contributed by atoms with Gasteiger partial charge in [-0.1, -0.05) is 0 Å². The van der Waals surface area contributed by atoms with Gasteiger partial charge in [0.05, 0.1) is 12.0 Å². The predicted octanol–water partition coefficient (Wildman–Crippen LogP) is 1.63. The molecule has 0 radical (unpaired) electrons. The van der Waals surface area contributed by atoms with Crippen LogP contribution in [0, 0.1) is 0 Å².